The monoisotopic (exact) mass is 231 g/mol. The minimum Gasteiger partial charge on any atom is -0.389 e. The lowest BCUT2D eigenvalue weighted by molar-refractivity contribution is 0.0440. The van der Waals surface area contributed by atoms with Crippen molar-refractivity contribution in [2.45, 2.75) is 37.7 Å². The average Bonchev–Trinajstić information content (AvgIpc) is 2.70. The van der Waals surface area contributed by atoms with Crippen LogP contribution in [0.2, 0.25) is 0 Å². The molecule has 0 bridgehead atoms. The summed E-state index contributed by atoms with van der Waals surface area (Å²) in [7, 11) is 1.70. The largest absolute Gasteiger partial charge is 0.389 e. The fourth-order valence-corrected chi connectivity index (χ4v) is 2.08. The maximum Gasteiger partial charge on any atom is 0.0771 e. The summed E-state index contributed by atoms with van der Waals surface area (Å²) in [5, 5.41) is 13.3. The van der Waals surface area contributed by atoms with Crippen LogP contribution in [0.1, 0.15) is 32.1 Å². The van der Waals surface area contributed by atoms with Crippen LogP contribution in [0, 0.1) is 0 Å². The predicted molar refractivity (Wildman–Crippen MR) is 63.6 cm³/mol. The van der Waals surface area contributed by atoms with Gasteiger partial charge in [0.2, 0.25) is 0 Å². The van der Waals surface area contributed by atoms with Crippen LogP contribution in [0.15, 0.2) is 0 Å². The van der Waals surface area contributed by atoms with Crippen LogP contribution < -0.4 is 5.32 Å². The van der Waals surface area contributed by atoms with Crippen LogP contribution in [0.4, 0.5) is 0 Å². The Hall–Kier alpha value is -0.160. The van der Waals surface area contributed by atoms with E-state index in [-0.39, 0.29) is 0 Å². The van der Waals surface area contributed by atoms with E-state index in [4.69, 9.17) is 9.47 Å². The molecular weight excluding hydrogens is 206 g/mol. The zero-order chi connectivity index (χ0) is 11.7. The molecule has 1 aliphatic carbocycles. The molecule has 0 spiro atoms. The van der Waals surface area contributed by atoms with Gasteiger partial charge in [-0.2, -0.15) is 0 Å². The first-order chi connectivity index (χ1) is 7.77. The second kappa shape index (κ2) is 8.01. The van der Waals surface area contributed by atoms with Gasteiger partial charge in [0.05, 0.1) is 12.2 Å². The maximum atomic E-state index is 10.0. The lowest BCUT2D eigenvalue weighted by Gasteiger charge is -2.22. The number of hydrogen-bond acceptors (Lipinski definition) is 4. The lowest BCUT2D eigenvalue weighted by Crippen LogP contribution is -2.39. The Kier molecular flexibility index (Phi) is 6.96. The average molecular weight is 231 g/mol. The molecule has 96 valence electrons. The van der Waals surface area contributed by atoms with Gasteiger partial charge in [0.25, 0.3) is 0 Å². The van der Waals surface area contributed by atoms with Gasteiger partial charge in [-0.05, 0) is 19.3 Å². The van der Waals surface area contributed by atoms with Crippen molar-refractivity contribution in [3.05, 3.63) is 0 Å². The van der Waals surface area contributed by atoms with E-state index in [0.717, 1.165) is 51.9 Å². The lowest BCUT2D eigenvalue weighted by atomic mass is 10.0. The van der Waals surface area contributed by atoms with Crippen LogP contribution in [0.5, 0.6) is 0 Å². The SMILES string of the molecule is COCCCOCCNCC1(O)CCCC1. The van der Waals surface area contributed by atoms with E-state index in [9.17, 15) is 5.11 Å². The highest BCUT2D eigenvalue weighted by molar-refractivity contribution is 4.85. The summed E-state index contributed by atoms with van der Waals surface area (Å²) in [6.45, 7) is 3.73. The van der Waals surface area contributed by atoms with Gasteiger partial charge in [-0.15, -0.1) is 0 Å². The molecule has 0 radical (unpaired) electrons. The fraction of sp³-hybridized carbons (Fsp3) is 1.00. The van der Waals surface area contributed by atoms with E-state index in [0.29, 0.717) is 13.2 Å². The van der Waals surface area contributed by atoms with Crippen molar-refractivity contribution in [3.63, 3.8) is 0 Å². The van der Waals surface area contributed by atoms with Crippen LogP contribution in [0.3, 0.4) is 0 Å². The smallest absolute Gasteiger partial charge is 0.0771 e. The van der Waals surface area contributed by atoms with Gasteiger partial charge in [0, 0.05) is 33.4 Å². The second-order valence-corrected chi connectivity index (χ2v) is 4.57. The van der Waals surface area contributed by atoms with Crippen LogP contribution in [-0.4, -0.2) is 50.7 Å². The van der Waals surface area contributed by atoms with Gasteiger partial charge in [0.15, 0.2) is 0 Å². The number of nitrogens with one attached hydrogen (secondary N) is 1. The van der Waals surface area contributed by atoms with E-state index in [1.54, 1.807) is 7.11 Å². The molecule has 0 aromatic heterocycles. The zero-order valence-corrected chi connectivity index (χ0v) is 10.3. The van der Waals surface area contributed by atoms with Crippen molar-refractivity contribution in [2.75, 3.05) is 40.0 Å². The number of aliphatic hydroxyl groups is 1. The molecule has 4 nitrogen and oxygen atoms in total. The predicted octanol–water partition coefficient (Wildman–Crippen LogP) is 0.934. The van der Waals surface area contributed by atoms with Crippen LogP contribution in [-0.2, 0) is 9.47 Å². The molecule has 1 saturated carbocycles. The summed E-state index contributed by atoms with van der Waals surface area (Å²) in [4.78, 5) is 0. The topological polar surface area (TPSA) is 50.7 Å². The highest BCUT2D eigenvalue weighted by Gasteiger charge is 2.30. The third-order valence-electron chi connectivity index (χ3n) is 3.05. The van der Waals surface area contributed by atoms with Crippen molar-refractivity contribution < 1.29 is 14.6 Å². The Bertz CT molecular complexity index is 170. The molecule has 0 aromatic rings. The Balaban J connectivity index is 1.84. The highest BCUT2D eigenvalue weighted by atomic mass is 16.5. The maximum absolute atomic E-state index is 10.0. The van der Waals surface area contributed by atoms with Crippen LogP contribution in [0.25, 0.3) is 0 Å². The molecule has 0 unspecified atom stereocenters. The van der Waals surface area contributed by atoms with Crippen molar-refractivity contribution in [1.29, 1.82) is 0 Å². The molecule has 1 aliphatic rings. The molecule has 1 rings (SSSR count). The molecule has 1 fully saturated rings. The molecule has 16 heavy (non-hydrogen) atoms. The summed E-state index contributed by atoms with van der Waals surface area (Å²) in [6.07, 6.45) is 5.14. The molecule has 4 heteroatoms. The molecular formula is C12H25NO3. The molecule has 0 saturated heterocycles. The number of rotatable bonds is 9. The van der Waals surface area contributed by atoms with E-state index >= 15 is 0 Å². The highest BCUT2D eigenvalue weighted by Crippen LogP contribution is 2.28. The Morgan fingerprint density at radius 1 is 1.19 bits per heavy atom. The van der Waals surface area contributed by atoms with Gasteiger partial charge in [-0.25, -0.2) is 0 Å². The normalized spacial score (nSPS) is 19.1. The first-order valence-corrected chi connectivity index (χ1v) is 6.27. The van der Waals surface area contributed by atoms with Crippen molar-refractivity contribution in [3.8, 4) is 0 Å². The summed E-state index contributed by atoms with van der Waals surface area (Å²) >= 11 is 0. The van der Waals surface area contributed by atoms with Gasteiger partial charge in [-0.1, -0.05) is 12.8 Å². The van der Waals surface area contributed by atoms with Gasteiger partial charge in [0.1, 0.15) is 0 Å². The van der Waals surface area contributed by atoms with E-state index in [1.165, 1.54) is 0 Å². The van der Waals surface area contributed by atoms with Gasteiger partial charge < -0.3 is 19.9 Å². The van der Waals surface area contributed by atoms with Crippen molar-refractivity contribution >= 4 is 0 Å². The number of methoxy groups -OCH3 is 1. The first kappa shape index (κ1) is 13.9. The molecule has 0 aromatic carbocycles. The second-order valence-electron chi connectivity index (χ2n) is 4.57. The van der Waals surface area contributed by atoms with E-state index in [1.807, 2.05) is 0 Å². The zero-order valence-electron chi connectivity index (χ0n) is 10.3. The van der Waals surface area contributed by atoms with Gasteiger partial charge >= 0.3 is 0 Å². The third-order valence-corrected chi connectivity index (χ3v) is 3.05. The van der Waals surface area contributed by atoms with Gasteiger partial charge in [-0.3, -0.25) is 0 Å². The van der Waals surface area contributed by atoms with Crippen molar-refractivity contribution in [2.24, 2.45) is 0 Å². The Morgan fingerprint density at radius 3 is 2.62 bits per heavy atom. The molecule has 0 heterocycles. The molecule has 0 aliphatic heterocycles. The molecule has 0 amide bonds. The summed E-state index contributed by atoms with van der Waals surface area (Å²) in [5.41, 5.74) is -0.448. The molecule has 0 atom stereocenters. The number of ether oxygens (including phenoxy) is 2. The number of hydrogen-bond donors (Lipinski definition) is 2. The Morgan fingerprint density at radius 2 is 1.94 bits per heavy atom. The minimum atomic E-state index is -0.448. The summed E-state index contributed by atoms with van der Waals surface area (Å²) < 4.78 is 10.3. The fourth-order valence-electron chi connectivity index (χ4n) is 2.08. The quantitative estimate of drug-likeness (QED) is 0.580. The molecule has 2 N–H and O–H groups in total. The van der Waals surface area contributed by atoms with Crippen molar-refractivity contribution in [1.82, 2.24) is 5.32 Å². The first-order valence-electron chi connectivity index (χ1n) is 6.27. The van der Waals surface area contributed by atoms with E-state index < -0.39 is 5.60 Å². The summed E-state index contributed by atoms with van der Waals surface area (Å²) in [5.74, 6) is 0. The van der Waals surface area contributed by atoms with Crippen LogP contribution >= 0.6 is 0 Å². The Labute approximate surface area is 98.3 Å². The minimum absolute atomic E-state index is 0.448. The third kappa shape index (κ3) is 5.80. The standard InChI is InChI=1S/C12H25NO3/c1-15-8-4-9-16-10-7-13-11-12(14)5-2-3-6-12/h13-14H,2-11H2,1H3. The van der Waals surface area contributed by atoms with E-state index in [2.05, 4.69) is 5.32 Å². The summed E-state index contributed by atoms with van der Waals surface area (Å²) in [6, 6.07) is 0.